The van der Waals surface area contributed by atoms with Gasteiger partial charge in [-0.2, -0.15) is 5.10 Å². The molecule has 1 aromatic carbocycles. The summed E-state index contributed by atoms with van der Waals surface area (Å²) in [6.45, 7) is 2.68. The molecule has 2 aromatic heterocycles. The summed E-state index contributed by atoms with van der Waals surface area (Å²) in [5, 5.41) is 10.3. The van der Waals surface area contributed by atoms with Crippen LogP contribution in [0.25, 0.3) is 11.4 Å². The summed E-state index contributed by atoms with van der Waals surface area (Å²) in [5.41, 5.74) is 4.65. The summed E-state index contributed by atoms with van der Waals surface area (Å²) in [4.78, 5) is 12.0. The highest BCUT2D eigenvalue weighted by Gasteiger charge is 2.20. The van der Waals surface area contributed by atoms with Crippen LogP contribution in [0.2, 0.25) is 0 Å². The Morgan fingerprint density at radius 3 is 2.84 bits per heavy atom. The largest absolute Gasteiger partial charge is 0.359 e. The zero-order valence-corrected chi connectivity index (χ0v) is 14.4. The number of H-pyrrole nitrogens is 1. The maximum atomic E-state index is 4.92. The number of nitrogens with one attached hydrogen (secondary N) is 2. The highest BCUT2D eigenvalue weighted by atomic mass is 15.2. The minimum atomic E-state index is 0.799. The van der Waals surface area contributed by atoms with Gasteiger partial charge in [0, 0.05) is 37.5 Å². The van der Waals surface area contributed by atoms with Crippen molar-refractivity contribution < 1.29 is 0 Å². The Balaban J connectivity index is 1.67. The molecule has 0 aliphatic carbocycles. The Kier molecular flexibility index (Phi) is 4.43. The molecule has 3 aromatic rings. The maximum Gasteiger partial charge on any atom is 0.161 e. The van der Waals surface area contributed by atoms with Crippen molar-refractivity contribution in [3.8, 4) is 11.4 Å². The van der Waals surface area contributed by atoms with Gasteiger partial charge < -0.3 is 10.2 Å². The highest BCUT2D eigenvalue weighted by Crippen LogP contribution is 2.27. The standard InChI is InChI=1S/C19H22N6/c1-25(10-8-14-11-21-22-12-14)19-16-7-9-20-13-17(16)23-18(24-19)15-5-3-2-4-6-15/h2-6,11-12,20H,7-10,13H2,1H3,(H,21,22). The van der Waals surface area contributed by atoms with Crippen molar-refractivity contribution in [3.63, 3.8) is 0 Å². The van der Waals surface area contributed by atoms with Crippen LogP contribution in [0.3, 0.4) is 0 Å². The molecule has 2 N–H and O–H groups in total. The first-order valence-corrected chi connectivity index (χ1v) is 8.66. The minimum absolute atomic E-state index is 0.799. The lowest BCUT2D eigenvalue weighted by atomic mass is 10.1. The number of hydrogen-bond acceptors (Lipinski definition) is 5. The minimum Gasteiger partial charge on any atom is -0.359 e. The first kappa shape index (κ1) is 15.8. The SMILES string of the molecule is CN(CCc1cn[nH]c1)c1nc(-c2ccccc2)nc2c1CCNC2. The van der Waals surface area contributed by atoms with Gasteiger partial charge in [-0.3, -0.25) is 5.10 Å². The molecule has 0 spiro atoms. The fourth-order valence-corrected chi connectivity index (χ4v) is 3.19. The van der Waals surface area contributed by atoms with Crippen molar-refractivity contribution in [1.29, 1.82) is 0 Å². The summed E-state index contributed by atoms with van der Waals surface area (Å²) < 4.78 is 0. The van der Waals surface area contributed by atoms with Crippen molar-refractivity contribution in [1.82, 2.24) is 25.5 Å². The first-order chi connectivity index (χ1) is 12.3. The molecular weight excluding hydrogens is 312 g/mol. The molecular formula is C19H22N6. The van der Waals surface area contributed by atoms with Crippen molar-refractivity contribution in [2.45, 2.75) is 19.4 Å². The fourth-order valence-electron chi connectivity index (χ4n) is 3.19. The Bertz CT molecular complexity index is 829. The Labute approximate surface area is 147 Å². The first-order valence-electron chi connectivity index (χ1n) is 8.66. The normalized spacial score (nSPS) is 13.5. The van der Waals surface area contributed by atoms with Gasteiger partial charge >= 0.3 is 0 Å². The third-order valence-electron chi connectivity index (χ3n) is 4.60. The lowest BCUT2D eigenvalue weighted by Gasteiger charge is -2.26. The topological polar surface area (TPSA) is 69.7 Å². The second kappa shape index (κ2) is 7.03. The van der Waals surface area contributed by atoms with Crippen LogP contribution >= 0.6 is 0 Å². The number of benzene rings is 1. The summed E-state index contributed by atoms with van der Waals surface area (Å²) in [7, 11) is 2.11. The molecule has 1 aliphatic rings. The highest BCUT2D eigenvalue weighted by molar-refractivity contribution is 5.61. The number of aromatic amines is 1. The molecule has 0 saturated carbocycles. The average molecular weight is 334 g/mol. The van der Waals surface area contributed by atoms with Gasteiger partial charge in [0.25, 0.3) is 0 Å². The summed E-state index contributed by atoms with van der Waals surface area (Å²) in [6, 6.07) is 10.2. The number of rotatable bonds is 5. The van der Waals surface area contributed by atoms with E-state index in [4.69, 9.17) is 9.97 Å². The van der Waals surface area contributed by atoms with E-state index in [0.717, 1.165) is 55.4 Å². The molecule has 0 saturated heterocycles. The van der Waals surface area contributed by atoms with E-state index in [-0.39, 0.29) is 0 Å². The van der Waals surface area contributed by atoms with Crippen molar-refractivity contribution in [3.05, 3.63) is 59.5 Å². The molecule has 6 nitrogen and oxygen atoms in total. The van der Waals surface area contributed by atoms with Crippen molar-refractivity contribution in [2.75, 3.05) is 25.0 Å². The maximum absolute atomic E-state index is 4.92. The monoisotopic (exact) mass is 334 g/mol. The zero-order valence-electron chi connectivity index (χ0n) is 14.4. The lowest BCUT2D eigenvalue weighted by molar-refractivity contribution is 0.621. The van der Waals surface area contributed by atoms with Crippen molar-refractivity contribution in [2.24, 2.45) is 0 Å². The number of nitrogens with zero attached hydrogens (tertiary/aromatic N) is 4. The summed E-state index contributed by atoms with van der Waals surface area (Å²) in [6.07, 6.45) is 5.73. The molecule has 0 amide bonds. The summed E-state index contributed by atoms with van der Waals surface area (Å²) >= 11 is 0. The van der Waals surface area contributed by atoms with Crippen LogP contribution in [0.15, 0.2) is 42.7 Å². The molecule has 0 fully saturated rings. The van der Waals surface area contributed by atoms with Gasteiger partial charge in [-0.25, -0.2) is 9.97 Å². The Hall–Kier alpha value is -2.73. The predicted molar refractivity (Wildman–Crippen MR) is 98.4 cm³/mol. The van der Waals surface area contributed by atoms with Crippen LogP contribution < -0.4 is 10.2 Å². The smallest absolute Gasteiger partial charge is 0.161 e. The third-order valence-corrected chi connectivity index (χ3v) is 4.60. The Morgan fingerprint density at radius 2 is 2.04 bits per heavy atom. The van der Waals surface area contributed by atoms with Gasteiger partial charge in [-0.1, -0.05) is 30.3 Å². The molecule has 0 unspecified atom stereocenters. The van der Waals surface area contributed by atoms with Gasteiger partial charge in [-0.15, -0.1) is 0 Å². The number of hydrogen-bond donors (Lipinski definition) is 2. The lowest BCUT2D eigenvalue weighted by Crippen LogP contribution is -2.30. The van der Waals surface area contributed by atoms with Gasteiger partial charge in [0.05, 0.1) is 11.9 Å². The van der Waals surface area contributed by atoms with Crippen molar-refractivity contribution >= 4 is 5.82 Å². The van der Waals surface area contributed by atoms with Gasteiger partial charge in [0.2, 0.25) is 0 Å². The van der Waals surface area contributed by atoms with E-state index in [1.807, 2.05) is 30.6 Å². The van der Waals surface area contributed by atoms with Gasteiger partial charge in [0.15, 0.2) is 5.82 Å². The molecule has 6 heteroatoms. The third kappa shape index (κ3) is 3.39. The van der Waals surface area contributed by atoms with Crippen LogP contribution in [0.1, 0.15) is 16.8 Å². The number of aromatic nitrogens is 4. The van der Waals surface area contributed by atoms with E-state index >= 15 is 0 Å². The summed E-state index contributed by atoms with van der Waals surface area (Å²) in [5.74, 6) is 1.85. The van der Waals surface area contributed by atoms with Gasteiger partial charge in [-0.05, 0) is 24.9 Å². The number of fused-ring (bicyclic) bond motifs is 1. The van der Waals surface area contributed by atoms with E-state index in [0.29, 0.717) is 0 Å². The van der Waals surface area contributed by atoms with E-state index < -0.39 is 0 Å². The van der Waals surface area contributed by atoms with E-state index in [9.17, 15) is 0 Å². The quantitative estimate of drug-likeness (QED) is 0.748. The van der Waals surface area contributed by atoms with E-state index in [1.54, 1.807) is 0 Å². The van der Waals surface area contributed by atoms with Crippen LogP contribution in [0.4, 0.5) is 5.82 Å². The zero-order chi connectivity index (χ0) is 17.1. The van der Waals surface area contributed by atoms with Gasteiger partial charge in [0.1, 0.15) is 5.82 Å². The molecule has 128 valence electrons. The molecule has 1 aliphatic heterocycles. The van der Waals surface area contributed by atoms with Crippen LogP contribution in [-0.2, 0) is 19.4 Å². The molecule has 0 bridgehead atoms. The molecule has 0 atom stereocenters. The van der Waals surface area contributed by atoms with E-state index in [1.165, 1.54) is 11.1 Å². The molecule has 0 radical (unpaired) electrons. The van der Waals surface area contributed by atoms with Crippen LogP contribution in [-0.4, -0.2) is 40.3 Å². The second-order valence-corrected chi connectivity index (χ2v) is 6.37. The second-order valence-electron chi connectivity index (χ2n) is 6.37. The number of anilines is 1. The number of likely N-dealkylation sites (N-methyl/N-ethyl adjacent to an activating group) is 1. The molecule has 3 heterocycles. The Morgan fingerprint density at radius 1 is 1.16 bits per heavy atom. The fraction of sp³-hybridized carbons (Fsp3) is 0.316. The molecule has 25 heavy (non-hydrogen) atoms. The van der Waals surface area contributed by atoms with E-state index in [2.05, 4.69) is 39.6 Å². The van der Waals surface area contributed by atoms with Crippen LogP contribution in [0.5, 0.6) is 0 Å². The average Bonchev–Trinajstić information content (AvgIpc) is 3.19. The predicted octanol–water partition coefficient (Wildman–Crippen LogP) is 2.19. The van der Waals surface area contributed by atoms with Crippen LogP contribution in [0, 0.1) is 0 Å². The molecule has 4 rings (SSSR count).